The van der Waals surface area contributed by atoms with Crippen LogP contribution in [0.3, 0.4) is 0 Å². The Morgan fingerprint density at radius 3 is 2.35 bits per heavy atom. The van der Waals surface area contributed by atoms with Gasteiger partial charge in [-0.15, -0.1) is 0 Å². The largest absolute Gasteiger partial charge is 0.416 e. The molecule has 0 bridgehead atoms. The van der Waals surface area contributed by atoms with Gasteiger partial charge < -0.3 is 5.32 Å². The van der Waals surface area contributed by atoms with Gasteiger partial charge in [0.15, 0.2) is 0 Å². The summed E-state index contributed by atoms with van der Waals surface area (Å²) in [6.07, 6.45) is -4.76. The van der Waals surface area contributed by atoms with Crippen LogP contribution in [0.1, 0.15) is 12.5 Å². The number of benzene rings is 2. The van der Waals surface area contributed by atoms with E-state index in [0.717, 1.165) is 31.2 Å². The molecular formula is C15H11ClF4N2O3S. The van der Waals surface area contributed by atoms with Crippen molar-refractivity contribution in [3.63, 3.8) is 0 Å². The van der Waals surface area contributed by atoms with Gasteiger partial charge in [-0.05, 0) is 36.4 Å². The number of nitrogens with one attached hydrogen (secondary N) is 2. The van der Waals surface area contributed by atoms with E-state index in [-0.39, 0.29) is 11.4 Å². The first-order chi connectivity index (χ1) is 11.9. The highest BCUT2D eigenvalue weighted by Crippen LogP contribution is 2.34. The minimum Gasteiger partial charge on any atom is -0.324 e. The summed E-state index contributed by atoms with van der Waals surface area (Å²) in [5.74, 6) is -1.41. The Hall–Kier alpha value is -2.33. The fourth-order valence-electron chi connectivity index (χ4n) is 1.97. The molecule has 0 saturated heterocycles. The molecule has 0 heterocycles. The molecule has 0 aliphatic carbocycles. The average Bonchev–Trinajstić information content (AvgIpc) is 2.49. The Bertz CT molecular complexity index is 962. The zero-order valence-corrected chi connectivity index (χ0v) is 14.6. The lowest BCUT2D eigenvalue weighted by Gasteiger charge is -2.13. The summed E-state index contributed by atoms with van der Waals surface area (Å²) in [7, 11) is -4.50. The summed E-state index contributed by atoms with van der Waals surface area (Å²) in [6, 6.07) is 4.76. The molecule has 0 spiro atoms. The Morgan fingerprint density at radius 2 is 1.77 bits per heavy atom. The minimum atomic E-state index is -4.76. The van der Waals surface area contributed by atoms with Crippen LogP contribution in [-0.2, 0) is 21.0 Å². The van der Waals surface area contributed by atoms with E-state index in [1.807, 2.05) is 4.72 Å². The van der Waals surface area contributed by atoms with Crippen molar-refractivity contribution < 1.29 is 30.8 Å². The topological polar surface area (TPSA) is 75.3 Å². The molecule has 140 valence electrons. The number of anilines is 2. The normalized spacial score (nSPS) is 11.9. The second kappa shape index (κ2) is 7.12. The van der Waals surface area contributed by atoms with E-state index in [2.05, 4.69) is 5.32 Å². The second-order valence-corrected chi connectivity index (χ2v) is 7.18. The van der Waals surface area contributed by atoms with E-state index < -0.39 is 43.4 Å². The van der Waals surface area contributed by atoms with Crippen molar-refractivity contribution in [1.29, 1.82) is 0 Å². The molecule has 2 aromatic rings. The van der Waals surface area contributed by atoms with E-state index in [9.17, 15) is 30.8 Å². The van der Waals surface area contributed by atoms with Gasteiger partial charge in [0, 0.05) is 6.92 Å². The van der Waals surface area contributed by atoms with E-state index in [4.69, 9.17) is 11.6 Å². The van der Waals surface area contributed by atoms with Gasteiger partial charge in [-0.1, -0.05) is 11.6 Å². The van der Waals surface area contributed by atoms with Crippen LogP contribution in [0, 0.1) is 5.82 Å². The standard InChI is InChI=1S/C15H11ClF4N2O3S/c1-8(23)21-13-7-10(3-5-12(13)17)22-26(24,25)14-6-9(15(18,19)20)2-4-11(14)16/h2-7,22H,1H3,(H,21,23). The quantitative estimate of drug-likeness (QED) is 0.740. The Kier molecular flexibility index (Phi) is 5.47. The monoisotopic (exact) mass is 410 g/mol. The fourth-order valence-corrected chi connectivity index (χ4v) is 3.55. The zero-order valence-electron chi connectivity index (χ0n) is 13.0. The molecule has 5 nitrogen and oxygen atoms in total. The number of alkyl halides is 3. The first-order valence-corrected chi connectivity index (χ1v) is 8.73. The molecule has 11 heteroatoms. The zero-order chi connectivity index (χ0) is 19.7. The maximum atomic E-state index is 13.6. The summed E-state index contributed by atoms with van der Waals surface area (Å²) >= 11 is 5.72. The van der Waals surface area contributed by atoms with Crippen LogP contribution in [0.2, 0.25) is 5.02 Å². The van der Waals surface area contributed by atoms with Gasteiger partial charge in [0.1, 0.15) is 10.7 Å². The van der Waals surface area contributed by atoms with Gasteiger partial charge in [-0.3, -0.25) is 9.52 Å². The summed E-state index contributed by atoms with van der Waals surface area (Å²) in [6.45, 7) is 1.12. The predicted octanol–water partition coefficient (Wildman–Crippen LogP) is 4.26. The summed E-state index contributed by atoms with van der Waals surface area (Å²) < 4.78 is 78.7. The van der Waals surface area contributed by atoms with Crippen LogP contribution in [0.15, 0.2) is 41.3 Å². The highest BCUT2D eigenvalue weighted by molar-refractivity contribution is 7.92. The molecule has 0 aliphatic rings. The number of carbonyl (C=O) groups is 1. The van der Waals surface area contributed by atoms with E-state index in [1.54, 1.807) is 0 Å². The summed E-state index contributed by atoms with van der Waals surface area (Å²) in [5, 5.41) is 1.73. The van der Waals surface area contributed by atoms with Gasteiger partial charge in [0.25, 0.3) is 10.0 Å². The molecule has 0 aliphatic heterocycles. The van der Waals surface area contributed by atoms with Crippen molar-refractivity contribution in [2.75, 3.05) is 10.0 Å². The highest BCUT2D eigenvalue weighted by atomic mass is 35.5. The molecule has 2 rings (SSSR count). The molecule has 0 radical (unpaired) electrons. The first kappa shape index (κ1) is 20.0. The third-order valence-electron chi connectivity index (χ3n) is 3.08. The van der Waals surface area contributed by atoms with Crippen molar-refractivity contribution in [1.82, 2.24) is 0 Å². The van der Waals surface area contributed by atoms with Gasteiger partial charge >= 0.3 is 6.18 Å². The number of sulfonamides is 1. The molecule has 2 N–H and O–H groups in total. The van der Waals surface area contributed by atoms with Crippen LogP contribution in [0.5, 0.6) is 0 Å². The number of hydrogen-bond acceptors (Lipinski definition) is 3. The van der Waals surface area contributed by atoms with Gasteiger partial charge in [-0.2, -0.15) is 13.2 Å². The van der Waals surface area contributed by atoms with Crippen LogP contribution in [-0.4, -0.2) is 14.3 Å². The highest BCUT2D eigenvalue weighted by Gasteiger charge is 2.32. The van der Waals surface area contributed by atoms with Crippen molar-refractivity contribution in [2.24, 2.45) is 0 Å². The van der Waals surface area contributed by atoms with E-state index >= 15 is 0 Å². The number of rotatable bonds is 4. The van der Waals surface area contributed by atoms with Gasteiger partial charge in [0.05, 0.1) is 22.0 Å². The molecule has 0 aromatic heterocycles. The van der Waals surface area contributed by atoms with Crippen LogP contribution < -0.4 is 10.0 Å². The van der Waals surface area contributed by atoms with Crippen LogP contribution >= 0.6 is 11.6 Å². The molecule has 2 aromatic carbocycles. The summed E-state index contributed by atoms with van der Waals surface area (Å²) in [4.78, 5) is 10.2. The number of amides is 1. The number of carbonyl (C=O) groups excluding carboxylic acids is 1. The number of halogens is 5. The molecule has 1 amide bonds. The predicted molar refractivity (Wildman–Crippen MR) is 88.0 cm³/mol. The first-order valence-electron chi connectivity index (χ1n) is 6.87. The Balaban J connectivity index is 2.42. The second-order valence-electron chi connectivity index (χ2n) is 5.12. The smallest absolute Gasteiger partial charge is 0.324 e. The minimum absolute atomic E-state index is 0.177. The molecule has 0 unspecified atom stereocenters. The molecule has 0 saturated carbocycles. The molecular weight excluding hydrogens is 400 g/mol. The Morgan fingerprint density at radius 1 is 1.12 bits per heavy atom. The summed E-state index contributed by atoms with van der Waals surface area (Å²) in [5.41, 5.74) is -1.67. The van der Waals surface area contributed by atoms with E-state index in [0.29, 0.717) is 12.1 Å². The van der Waals surface area contributed by atoms with Gasteiger partial charge in [0.2, 0.25) is 5.91 Å². The van der Waals surface area contributed by atoms with Crippen molar-refractivity contribution in [2.45, 2.75) is 18.0 Å². The lowest BCUT2D eigenvalue weighted by Crippen LogP contribution is -2.16. The SMILES string of the molecule is CC(=O)Nc1cc(NS(=O)(=O)c2cc(C(F)(F)F)ccc2Cl)ccc1F. The van der Waals surface area contributed by atoms with Gasteiger partial charge in [-0.25, -0.2) is 12.8 Å². The number of hydrogen-bond donors (Lipinski definition) is 2. The maximum absolute atomic E-state index is 13.6. The third-order valence-corrected chi connectivity index (χ3v) is 4.94. The average molecular weight is 411 g/mol. The molecule has 26 heavy (non-hydrogen) atoms. The fraction of sp³-hybridized carbons (Fsp3) is 0.133. The molecule has 0 fully saturated rings. The van der Waals surface area contributed by atoms with Crippen LogP contribution in [0.25, 0.3) is 0 Å². The molecule has 0 atom stereocenters. The Labute approximate surface area is 151 Å². The lowest BCUT2D eigenvalue weighted by atomic mass is 10.2. The van der Waals surface area contributed by atoms with Crippen molar-refractivity contribution in [3.8, 4) is 0 Å². The third kappa shape index (κ3) is 4.64. The van der Waals surface area contributed by atoms with E-state index in [1.165, 1.54) is 0 Å². The lowest BCUT2D eigenvalue weighted by molar-refractivity contribution is -0.137. The van der Waals surface area contributed by atoms with Crippen molar-refractivity contribution >= 4 is 38.9 Å². The van der Waals surface area contributed by atoms with Crippen molar-refractivity contribution in [3.05, 3.63) is 52.8 Å². The maximum Gasteiger partial charge on any atom is 0.416 e. The van der Waals surface area contributed by atoms with Crippen LogP contribution in [0.4, 0.5) is 28.9 Å².